The van der Waals surface area contributed by atoms with Crippen LogP contribution in [0, 0.1) is 0 Å². The molecule has 2 heterocycles. The van der Waals surface area contributed by atoms with Crippen LogP contribution in [0.25, 0.3) is 0 Å². The van der Waals surface area contributed by atoms with Crippen LogP contribution in [0.1, 0.15) is 58.8 Å². The van der Waals surface area contributed by atoms with Crippen molar-refractivity contribution in [3.05, 3.63) is 0 Å². The van der Waals surface area contributed by atoms with Gasteiger partial charge in [-0.2, -0.15) is 0 Å². The number of hydrogen-bond acceptors (Lipinski definition) is 3. The molecule has 0 aromatic rings. The number of hydrogen-bond donors (Lipinski definition) is 2. The third-order valence-corrected chi connectivity index (χ3v) is 4.82. The summed E-state index contributed by atoms with van der Waals surface area (Å²) < 4.78 is 0. The number of piperidine rings is 1. The van der Waals surface area contributed by atoms with E-state index in [0.29, 0.717) is 6.04 Å². The highest BCUT2D eigenvalue weighted by Gasteiger charge is 2.40. The van der Waals surface area contributed by atoms with Crippen molar-refractivity contribution in [1.29, 1.82) is 0 Å². The van der Waals surface area contributed by atoms with Gasteiger partial charge < -0.3 is 15.5 Å². The number of carbonyl (C=O) groups excluding carboxylic acids is 1. The Balaban J connectivity index is 1.82. The van der Waals surface area contributed by atoms with Crippen LogP contribution >= 0.6 is 0 Å². The van der Waals surface area contributed by atoms with E-state index in [0.717, 1.165) is 58.2 Å². The molecule has 4 nitrogen and oxygen atoms in total. The monoisotopic (exact) mass is 281 g/mol. The maximum absolute atomic E-state index is 12.6. The quantitative estimate of drug-likeness (QED) is 0.781. The average molecular weight is 281 g/mol. The minimum absolute atomic E-state index is 0.255. The smallest absolute Gasteiger partial charge is 0.240 e. The van der Waals surface area contributed by atoms with Gasteiger partial charge in [-0.1, -0.05) is 20.3 Å². The van der Waals surface area contributed by atoms with E-state index in [9.17, 15) is 4.79 Å². The first-order chi connectivity index (χ1) is 9.70. The number of likely N-dealkylation sites (tertiary alicyclic amines) is 1. The number of carbonyl (C=O) groups is 1. The summed E-state index contributed by atoms with van der Waals surface area (Å²) in [7, 11) is 0. The van der Waals surface area contributed by atoms with Gasteiger partial charge in [0.2, 0.25) is 5.91 Å². The maximum Gasteiger partial charge on any atom is 0.240 e. The van der Waals surface area contributed by atoms with Crippen molar-refractivity contribution in [2.45, 2.75) is 70.4 Å². The molecular weight excluding hydrogens is 250 g/mol. The van der Waals surface area contributed by atoms with Gasteiger partial charge in [0.05, 0.1) is 5.54 Å². The summed E-state index contributed by atoms with van der Waals surface area (Å²) in [5.74, 6) is 0.255. The van der Waals surface area contributed by atoms with Gasteiger partial charge in [0, 0.05) is 19.1 Å². The SMILES string of the molecule is CCCN1CCC(NC(=O)C2(CCC)CCCN2)CC1. The van der Waals surface area contributed by atoms with Crippen molar-refractivity contribution in [1.82, 2.24) is 15.5 Å². The van der Waals surface area contributed by atoms with E-state index >= 15 is 0 Å². The second-order valence-corrected chi connectivity index (χ2v) is 6.45. The fraction of sp³-hybridized carbons (Fsp3) is 0.938. The van der Waals surface area contributed by atoms with Gasteiger partial charge in [0.15, 0.2) is 0 Å². The zero-order valence-corrected chi connectivity index (χ0v) is 13.2. The Labute approximate surface area is 123 Å². The molecule has 2 aliphatic heterocycles. The first-order valence-corrected chi connectivity index (χ1v) is 8.48. The molecule has 2 aliphatic rings. The highest BCUT2D eigenvalue weighted by atomic mass is 16.2. The number of nitrogens with zero attached hydrogens (tertiary/aromatic N) is 1. The Kier molecular flexibility index (Phi) is 5.85. The molecule has 2 rings (SSSR count). The van der Waals surface area contributed by atoms with Gasteiger partial charge in [0.1, 0.15) is 0 Å². The molecule has 2 saturated heterocycles. The van der Waals surface area contributed by atoms with Gasteiger partial charge in [0.25, 0.3) is 0 Å². The molecule has 0 aliphatic carbocycles. The Morgan fingerprint density at radius 2 is 2.05 bits per heavy atom. The fourth-order valence-corrected chi connectivity index (χ4v) is 3.69. The highest BCUT2D eigenvalue weighted by Crippen LogP contribution is 2.25. The lowest BCUT2D eigenvalue weighted by molar-refractivity contribution is -0.128. The van der Waals surface area contributed by atoms with E-state index in [1.807, 2.05) is 0 Å². The summed E-state index contributed by atoms with van der Waals surface area (Å²) in [6, 6.07) is 0.381. The van der Waals surface area contributed by atoms with Crippen LogP contribution in [0.4, 0.5) is 0 Å². The average Bonchev–Trinajstić information content (AvgIpc) is 2.92. The predicted octanol–water partition coefficient (Wildman–Crippen LogP) is 1.90. The van der Waals surface area contributed by atoms with Crippen molar-refractivity contribution in [2.75, 3.05) is 26.2 Å². The zero-order chi connectivity index (χ0) is 14.4. The molecule has 0 aromatic heterocycles. The highest BCUT2D eigenvalue weighted by molar-refractivity contribution is 5.87. The summed E-state index contributed by atoms with van der Waals surface area (Å²) in [5.41, 5.74) is -0.269. The largest absolute Gasteiger partial charge is 0.352 e. The van der Waals surface area contributed by atoms with Gasteiger partial charge in [-0.15, -0.1) is 0 Å². The normalized spacial score (nSPS) is 28.7. The maximum atomic E-state index is 12.6. The first kappa shape index (κ1) is 15.8. The van der Waals surface area contributed by atoms with Crippen molar-refractivity contribution in [3.8, 4) is 0 Å². The van der Waals surface area contributed by atoms with E-state index in [-0.39, 0.29) is 11.4 Å². The molecule has 20 heavy (non-hydrogen) atoms. The molecule has 0 spiro atoms. The molecule has 2 N–H and O–H groups in total. The van der Waals surface area contributed by atoms with Crippen LogP contribution in [0.5, 0.6) is 0 Å². The molecule has 0 radical (unpaired) electrons. The van der Waals surface area contributed by atoms with Crippen LogP contribution in [0.2, 0.25) is 0 Å². The summed E-state index contributed by atoms with van der Waals surface area (Å²) in [6.07, 6.45) is 7.59. The van der Waals surface area contributed by atoms with E-state index in [1.54, 1.807) is 0 Å². The Morgan fingerprint density at radius 3 is 2.60 bits per heavy atom. The lowest BCUT2D eigenvalue weighted by atomic mass is 9.90. The summed E-state index contributed by atoms with van der Waals surface area (Å²) in [4.78, 5) is 15.2. The lowest BCUT2D eigenvalue weighted by Gasteiger charge is -2.35. The molecule has 1 atom stereocenters. The van der Waals surface area contributed by atoms with Crippen LogP contribution in [0.3, 0.4) is 0 Å². The standard InChI is InChI=1S/C16H31N3O/c1-3-8-16(9-5-10-17-16)15(20)18-14-6-12-19(11-4-2)13-7-14/h14,17H,3-13H2,1-2H3,(H,18,20). The van der Waals surface area contributed by atoms with Crippen molar-refractivity contribution >= 4 is 5.91 Å². The van der Waals surface area contributed by atoms with Crippen molar-refractivity contribution in [3.63, 3.8) is 0 Å². The van der Waals surface area contributed by atoms with Crippen LogP contribution < -0.4 is 10.6 Å². The molecule has 1 amide bonds. The topological polar surface area (TPSA) is 44.4 Å². The van der Waals surface area contributed by atoms with Crippen LogP contribution in [-0.2, 0) is 4.79 Å². The minimum Gasteiger partial charge on any atom is -0.352 e. The van der Waals surface area contributed by atoms with Crippen molar-refractivity contribution in [2.24, 2.45) is 0 Å². The first-order valence-electron chi connectivity index (χ1n) is 8.48. The van der Waals surface area contributed by atoms with E-state index in [1.165, 1.54) is 13.0 Å². The summed E-state index contributed by atoms with van der Waals surface area (Å²) >= 11 is 0. The van der Waals surface area contributed by atoms with Crippen LogP contribution in [0.15, 0.2) is 0 Å². The lowest BCUT2D eigenvalue weighted by Crippen LogP contribution is -2.57. The predicted molar refractivity (Wildman–Crippen MR) is 82.8 cm³/mol. The Hall–Kier alpha value is -0.610. The number of nitrogens with one attached hydrogen (secondary N) is 2. The summed E-state index contributed by atoms with van der Waals surface area (Å²) in [5, 5.41) is 6.79. The molecule has 0 aromatic carbocycles. The fourth-order valence-electron chi connectivity index (χ4n) is 3.69. The molecule has 2 fully saturated rings. The van der Waals surface area contributed by atoms with E-state index < -0.39 is 0 Å². The van der Waals surface area contributed by atoms with E-state index in [2.05, 4.69) is 29.4 Å². The molecule has 116 valence electrons. The second-order valence-electron chi connectivity index (χ2n) is 6.45. The molecule has 0 saturated carbocycles. The third-order valence-electron chi connectivity index (χ3n) is 4.82. The molecular formula is C16H31N3O. The summed E-state index contributed by atoms with van der Waals surface area (Å²) in [6.45, 7) is 8.84. The van der Waals surface area contributed by atoms with Gasteiger partial charge in [-0.25, -0.2) is 0 Å². The Morgan fingerprint density at radius 1 is 1.30 bits per heavy atom. The zero-order valence-electron chi connectivity index (χ0n) is 13.2. The number of amides is 1. The molecule has 0 bridgehead atoms. The van der Waals surface area contributed by atoms with Gasteiger partial charge >= 0.3 is 0 Å². The van der Waals surface area contributed by atoms with Gasteiger partial charge in [-0.05, 0) is 51.6 Å². The van der Waals surface area contributed by atoms with Crippen molar-refractivity contribution < 1.29 is 4.79 Å². The third kappa shape index (κ3) is 3.73. The number of rotatable bonds is 6. The van der Waals surface area contributed by atoms with Crippen LogP contribution in [-0.4, -0.2) is 48.6 Å². The minimum atomic E-state index is -0.269. The molecule has 4 heteroatoms. The molecule has 1 unspecified atom stereocenters. The van der Waals surface area contributed by atoms with Gasteiger partial charge in [-0.3, -0.25) is 4.79 Å². The van der Waals surface area contributed by atoms with E-state index in [4.69, 9.17) is 0 Å². The second kappa shape index (κ2) is 7.41. The Bertz CT molecular complexity index is 305.